The Bertz CT molecular complexity index is 1260. The van der Waals surface area contributed by atoms with E-state index in [4.69, 9.17) is 25.4 Å². The van der Waals surface area contributed by atoms with E-state index in [1.807, 2.05) is 0 Å². The number of methoxy groups -OCH3 is 2. The van der Waals surface area contributed by atoms with E-state index in [1.54, 1.807) is 72.8 Å². The lowest BCUT2D eigenvalue weighted by atomic mass is 10.0. The van der Waals surface area contributed by atoms with E-state index in [0.29, 0.717) is 33.9 Å². The minimum absolute atomic E-state index is 0.0898. The van der Waals surface area contributed by atoms with Gasteiger partial charge in [-0.1, -0.05) is 30.3 Å². The first-order chi connectivity index (χ1) is 17.7. The Morgan fingerprint density at radius 2 is 1.43 bits per heavy atom. The van der Waals surface area contributed by atoms with Crippen molar-refractivity contribution in [1.29, 1.82) is 5.41 Å². The van der Waals surface area contributed by atoms with Crippen molar-refractivity contribution >= 4 is 29.4 Å². The molecule has 5 N–H and O–H groups in total. The van der Waals surface area contributed by atoms with Crippen molar-refractivity contribution in [2.24, 2.45) is 5.73 Å². The van der Waals surface area contributed by atoms with Gasteiger partial charge in [0.2, 0.25) is 5.91 Å². The molecule has 10 nitrogen and oxygen atoms in total. The Labute approximate surface area is 214 Å². The molecule has 3 aromatic carbocycles. The Morgan fingerprint density at radius 1 is 0.838 bits per heavy atom. The summed E-state index contributed by atoms with van der Waals surface area (Å²) >= 11 is 0. The minimum Gasteiger partial charge on any atom is -0.497 e. The van der Waals surface area contributed by atoms with E-state index >= 15 is 0 Å². The maximum atomic E-state index is 13.7. The van der Waals surface area contributed by atoms with Crippen LogP contribution in [-0.4, -0.2) is 37.9 Å². The van der Waals surface area contributed by atoms with Crippen molar-refractivity contribution in [3.05, 3.63) is 89.5 Å². The number of carbonyl (C=O) groups is 3. The lowest BCUT2D eigenvalue weighted by molar-refractivity contribution is -0.160. The molecule has 1 unspecified atom stereocenters. The van der Waals surface area contributed by atoms with Crippen molar-refractivity contribution in [1.82, 2.24) is 5.32 Å². The quantitative estimate of drug-likeness (QED) is 0.142. The van der Waals surface area contributed by atoms with Gasteiger partial charge in [0, 0.05) is 24.2 Å². The van der Waals surface area contributed by atoms with Crippen LogP contribution in [0.25, 0.3) is 0 Å². The summed E-state index contributed by atoms with van der Waals surface area (Å²) in [4.78, 5) is 37.9. The highest BCUT2D eigenvalue weighted by atomic mass is 16.6. The van der Waals surface area contributed by atoms with Gasteiger partial charge in [0.05, 0.1) is 14.2 Å². The van der Waals surface area contributed by atoms with Gasteiger partial charge in [0.15, 0.2) is 6.04 Å². The predicted octanol–water partition coefficient (Wildman–Crippen LogP) is 3.09. The SMILES string of the molecule is COc1cc(OC)cc([C@H](Nc2ccc(C(=N)N)cc2)C(=O)NC(C(=O)OC(C)=O)c2ccccc2)c1. The van der Waals surface area contributed by atoms with Crippen LogP contribution in [0.5, 0.6) is 11.5 Å². The monoisotopic (exact) mass is 504 g/mol. The number of hydrogen-bond donors (Lipinski definition) is 4. The molecule has 0 aliphatic rings. The van der Waals surface area contributed by atoms with Gasteiger partial charge in [-0.25, -0.2) is 4.79 Å². The molecule has 3 rings (SSSR count). The fourth-order valence-corrected chi connectivity index (χ4v) is 3.56. The summed E-state index contributed by atoms with van der Waals surface area (Å²) in [7, 11) is 2.98. The molecule has 2 atom stereocenters. The summed E-state index contributed by atoms with van der Waals surface area (Å²) in [6.45, 7) is 1.11. The van der Waals surface area contributed by atoms with Crippen LogP contribution < -0.4 is 25.8 Å². The Morgan fingerprint density at radius 3 is 1.95 bits per heavy atom. The molecule has 3 aromatic rings. The molecule has 0 aromatic heterocycles. The van der Waals surface area contributed by atoms with Crippen molar-refractivity contribution in [3.63, 3.8) is 0 Å². The van der Waals surface area contributed by atoms with E-state index in [2.05, 4.69) is 10.6 Å². The van der Waals surface area contributed by atoms with Gasteiger partial charge < -0.3 is 30.6 Å². The molecule has 0 aliphatic carbocycles. The van der Waals surface area contributed by atoms with Gasteiger partial charge in [-0.05, 0) is 47.5 Å². The van der Waals surface area contributed by atoms with Gasteiger partial charge in [-0.3, -0.25) is 15.0 Å². The zero-order valence-corrected chi connectivity index (χ0v) is 20.6. The molecule has 0 fully saturated rings. The molecule has 0 bridgehead atoms. The first kappa shape index (κ1) is 26.7. The number of ether oxygens (including phenoxy) is 3. The average molecular weight is 505 g/mol. The van der Waals surface area contributed by atoms with E-state index in [0.717, 1.165) is 6.92 Å². The second kappa shape index (κ2) is 12.2. The summed E-state index contributed by atoms with van der Waals surface area (Å²) in [6, 6.07) is 17.8. The molecule has 37 heavy (non-hydrogen) atoms. The predicted molar refractivity (Wildman–Crippen MR) is 137 cm³/mol. The maximum Gasteiger partial charge on any atom is 0.340 e. The van der Waals surface area contributed by atoms with Crippen LogP contribution in [0.15, 0.2) is 72.8 Å². The highest BCUT2D eigenvalue weighted by Gasteiger charge is 2.30. The number of carbonyl (C=O) groups excluding carboxylic acids is 3. The molecule has 0 saturated heterocycles. The molecule has 0 radical (unpaired) electrons. The van der Waals surface area contributed by atoms with Crippen LogP contribution in [0, 0.1) is 5.41 Å². The molecule has 0 saturated carbocycles. The molecule has 1 amide bonds. The number of anilines is 1. The lowest BCUT2D eigenvalue weighted by Gasteiger charge is -2.24. The summed E-state index contributed by atoms with van der Waals surface area (Å²) in [5, 5.41) is 13.4. The summed E-state index contributed by atoms with van der Waals surface area (Å²) in [5.74, 6) is -1.47. The van der Waals surface area contributed by atoms with Crippen molar-refractivity contribution < 1.29 is 28.6 Å². The number of nitrogen functional groups attached to an aromatic ring is 1. The van der Waals surface area contributed by atoms with Crippen LogP contribution in [-0.2, 0) is 19.1 Å². The Hall–Kier alpha value is -4.86. The molecule has 0 spiro atoms. The van der Waals surface area contributed by atoms with Crippen molar-refractivity contribution in [3.8, 4) is 11.5 Å². The normalized spacial score (nSPS) is 12.0. The summed E-state index contributed by atoms with van der Waals surface area (Å²) in [6.07, 6.45) is 0. The average Bonchev–Trinajstić information content (AvgIpc) is 2.90. The van der Waals surface area contributed by atoms with Gasteiger partial charge >= 0.3 is 11.9 Å². The highest BCUT2D eigenvalue weighted by Crippen LogP contribution is 2.30. The molecular formula is C27H28N4O6. The number of nitrogens with one attached hydrogen (secondary N) is 3. The molecule has 0 heterocycles. The topological polar surface area (TPSA) is 153 Å². The summed E-state index contributed by atoms with van der Waals surface area (Å²) < 4.78 is 15.5. The van der Waals surface area contributed by atoms with Crippen molar-refractivity contribution in [2.45, 2.75) is 19.0 Å². The van der Waals surface area contributed by atoms with Gasteiger partial charge in [-0.15, -0.1) is 0 Å². The fourth-order valence-electron chi connectivity index (χ4n) is 3.56. The van der Waals surface area contributed by atoms with Gasteiger partial charge in [0.1, 0.15) is 23.4 Å². The lowest BCUT2D eigenvalue weighted by Crippen LogP contribution is -2.40. The van der Waals surface area contributed by atoms with E-state index in [9.17, 15) is 14.4 Å². The number of amides is 1. The zero-order valence-electron chi connectivity index (χ0n) is 20.6. The first-order valence-electron chi connectivity index (χ1n) is 11.2. The number of benzene rings is 3. The standard InChI is InChI=1S/C27H28N4O6/c1-16(32)37-27(34)24(17-7-5-4-6-8-17)31-26(33)23(19-13-21(35-2)15-22(14-19)36-3)30-20-11-9-18(10-12-20)25(28)29/h4-15,23-24,30H,1-3H3,(H3,28,29)(H,31,33)/t23-,24?/m0/s1. The highest BCUT2D eigenvalue weighted by molar-refractivity contribution is 5.96. The van der Waals surface area contributed by atoms with Crippen LogP contribution >= 0.6 is 0 Å². The van der Waals surface area contributed by atoms with Gasteiger partial charge in [0.25, 0.3) is 0 Å². The molecule has 192 valence electrons. The third-order valence-electron chi connectivity index (χ3n) is 5.38. The second-order valence-corrected chi connectivity index (χ2v) is 7.98. The van der Waals surface area contributed by atoms with E-state index < -0.39 is 29.9 Å². The second-order valence-electron chi connectivity index (χ2n) is 7.98. The minimum atomic E-state index is -1.24. The largest absolute Gasteiger partial charge is 0.497 e. The number of hydrogen-bond acceptors (Lipinski definition) is 8. The Balaban J connectivity index is 2.01. The van der Waals surface area contributed by atoms with Crippen LogP contribution in [0.1, 0.15) is 35.7 Å². The Kier molecular flexibility index (Phi) is 8.82. The maximum absolute atomic E-state index is 13.7. The van der Waals surface area contributed by atoms with Crippen molar-refractivity contribution in [2.75, 3.05) is 19.5 Å². The fraction of sp³-hybridized carbons (Fsp3) is 0.185. The number of rotatable bonds is 10. The van der Waals surface area contributed by atoms with Crippen LogP contribution in [0.2, 0.25) is 0 Å². The van der Waals surface area contributed by atoms with Crippen LogP contribution in [0.3, 0.4) is 0 Å². The zero-order chi connectivity index (χ0) is 26.9. The first-order valence-corrected chi connectivity index (χ1v) is 11.2. The molecule has 0 aliphatic heterocycles. The van der Waals surface area contributed by atoms with E-state index in [-0.39, 0.29) is 5.84 Å². The van der Waals surface area contributed by atoms with E-state index in [1.165, 1.54) is 14.2 Å². The number of nitrogens with two attached hydrogens (primary N) is 1. The number of esters is 2. The third-order valence-corrected chi connectivity index (χ3v) is 5.38. The number of amidine groups is 1. The smallest absolute Gasteiger partial charge is 0.340 e. The molecule has 10 heteroatoms. The molecular weight excluding hydrogens is 476 g/mol. The van der Waals surface area contributed by atoms with Crippen LogP contribution in [0.4, 0.5) is 5.69 Å². The third kappa shape index (κ3) is 7.07. The van der Waals surface area contributed by atoms with Gasteiger partial charge in [-0.2, -0.15) is 0 Å². The summed E-state index contributed by atoms with van der Waals surface area (Å²) in [5.41, 5.74) is 7.54.